The van der Waals surface area contributed by atoms with E-state index in [1.165, 1.54) is 57.5 Å². The minimum atomic E-state index is -0.713. The van der Waals surface area contributed by atoms with Crippen molar-refractivity contribution in [3.63, 3.8) is 0 Å². The molecule has 1 aliphatic rings. The molecule has 0 bridgehead atoms. The fraction of sp³-hybridized carbons (Fsp3) is 0.375. The molecule has 10 heteroatoms. The van der Waals surface area contributed by atoms with Crippen molar-refractivity contribution < 1.29 is 9.53 Å². The number of aryl methyl sites for hydroxylation is 2. The van der Waals surface area contributed by atoms with E-state index in [0.29, 0.717) is 33.4 Å². The summed E-state index contributed by atoms with van der Waals surface area (Å²) >= 11 is 2.70. The van der Waals surface area contributed by atoms with Gasteiger partial charge in [0, 0.05) is 18.1 Å². The molecule has 0 radical (unpaired) electrons. The zero-order valence-corrected chi connectivity index (χ0v) is 20.7. The molecule has 8 nitrogen and oxygen atoms in total. The summed E-state index contributed by atoms with van der Waals surface area (Å²) in [5.74, 6) is -0.323. The second kappa shape index (κ2) is 9.73. The van der Waals surface area contributed by atoms with Crippen LogP contribution in [-0.4, -0.2) is 32.8 Å². The van der Waals surface area contributed by atoms with E-state index in [2.05, 4.69) is 38.7 Å². The Morgan fingerprint density at radius 2 is 2.06 bits per heavy atom. The maximum atomic E-state index is 13.6. The van der Waals surface area contributed by atoms with E-state index < -0.39 is 6.04 Å². The van der Waals surface area contributed by atoms with Crippen LogP contribution in [0.3, 0.4) is 0 Å². The summed E-state index contributed by atoms with van der Waals surface area (Å²) in [7, 11) is 1.57. The summed E-state index contributed by atoms with van der Waals surface area (Å²) in [4.78, 5) is 31.9. The Morgan fingerprint density at radius 1 is 1.24 bits per heavy atom. The number of methoxy groups -OCH3 is 1. The molecule has 3 aromatic heterocycles. The third kappa shape index (κ3) is 4.28. The second-order valence-corrected chi connectivity index (χ2v) is 10.2. The Balaban J connectivity index is 1.49. The van der Waals surface area contributed by atoms with E-state index >= 15 is 0 Å². The van der Waals surface area contributed by atoms with Gasteiger partial charge in [0.2, 0.25) is 11.0 Å². The number of nitrogens with one attached hydrogen (secondary N) is 1. The molecule has 0 spiro atoms. The Bertz CT molecular complexity index is 1410. The van der Waals surface area contributed by atoms with Crippen LogP contribution in [0.1, 0.15) is 48.4 Å². The highest BCUT2D eigenvalue weighted by Crippen LogP contribution is 2.34. The maximum Gasteiger partial charge on any atom is 0.263 e. The van der Waals surface area contributed by atoms with Gasteiger partial charge in [-0.3, -0.25) is 19.5 Å². The summed E-state index contributed by atoms with van der Waals surface area (Å²) in [6.45, 7) is 2.20. The Kier molecular flexibility index (Phi) is 6.53. The summed E-state index contributed by atoms with van der Waals surface area (Å²) in [6, 6.07) is 5.78. The number of amides is 1. The van der Waals surface area contributed by atoms with Crippen LogP contribution in [0.15, 0.2) is 34.7 Å². The molecule has 0 aliphatic heterocycles. The standard InChI is InChI=1S/C24H25N5O3S2/c1-3-18(21(30)26-24-28-27-19(34-24)11-32-2)29-13-25-22-20(23(29)31)17(12-33-22)16-9-8-14-6-4-5-7-15(14)10-16/h8-10,12-13,18H,3-7,11H2,1-2H3,(H,26,28,30). The van der Waals surface area contributed by atoms with Gasteiger partial charge in [0.1, 0.15) is 22.5 Å². The summed E-state index contributed by atoms with van der Waals surface area (Å²) in [5, 5.41) is 14.4. The first-order chi connectivity index (χ1) is 16.6. The number of nitrogens with zero attached hydrogens (tertiary/aromatic N) is 4. The molecular weight excluding hydrogens is 470 g/mol. The first kappa shape index (κ1) is 22.8. The van der Waals surface area contributed by atoms with Crippen molar-refractivity contribution in [1.82, 2.24) is 19.7 Å². The molecule has 4 aromatic rings. The fourth-order valence-corrected chi connectivity index (χ4v) is 6.09. The monoisotopic (exact) mass is 495 g/mol. The van der Waals surface area contributed by atoms with Gasteiger partial charge in [0.15, 0.2) is 0 Å². The van der Waals surface area contributed by atoms with Crippen molar-refractivity contribution in [1.29, 1.82) is 0 Å². The number of thiophene rings is 1. The molecule has 3 heterocycles. The Hall–Kier alpha value is -2.95. The third-order valence-electron chi connectivity index (χ3n) is 6.17. The number of hydrogen-bond donors (Lipinski definition) is 1. The SMILES string of the molecule is CCC(C(=O)Nc1nnc(COC)s1)n1cnc2scc(-c3ccc4c(c3)CCCC4)c2c1=O. The molecule has 1 N–H and O–H groups in total. The van der Waals surface area contributed by atoms with Crippen molar-refractivity contribution >= 4 is 43.9 Å². The van der Waals surface area contributed by atoms with Crippen LogP contribution in [0.2, 0.25) is 0 Å². The van der Waals surface area contributed by atoms with E-state index in [9.17, 15) is 9.59 Å². The number of anilines is 1. The van der Waals surface area contributed by atoms with Gasteiger partial charge in [0.05, 0.1) is 11.7 Å². The number of aromatic nitrogens is 4. The highest BCUT2D eigenvalue weighted by Gasteiger charge is 2.24. The van der Waals surface area contributed by atoms with E-state index in [4.69, 9.17) is 4.74 Å². The molecule has 1 atom stereocenters. The topological polar surface area (TPSA) is 99.0 Å². The molecule has 1 aliphatic carbocycles. The van der Waals surface area contributed by atoms with Crippen LogP contribution < -0.4 is 10.9 Å². The van der Waals surface area contributed by atoms with Gasteiger partial charge in [-0.1, -0.05) is 36.5 Å². The Labute approximate surface area is 204 Å². The zero-order chi connectivity index (χ0) is 23.7. The second-order valence-electron chi connectivity index (χ2n) is 8.32. The largest absolute Gasteiger partial charge is 0.377 e. The minimum absolute atomic E-state index is 0.210. The van der Waals surface area contributed by atoms with Crippen LogP contribution in [0, 0.1) is 0 Å². The molecule has 1 unspecified atom stereocenters. The van der Waals surface area contributed by atoms with E-state index in [0.717, 1.165) is 24.0 Å². The summed E-state index contributed by atoms with van der Waals surface area (Å²) < 4.78 is 6.49. The third-order valence-corrected chi connectivity index (χ3v) is 7.87. The number of fused-ring (bicyclic) bond motifs is 2. The fourth-order valence-electron chi connectivity index (χ4n) is 4.46. The molecule has 1 amide bonds. The predicted octanol–water partition coefficient (Wildman–Crippen LogP) is 4.59. The predicted molar refractivity (Wildman–Crippen MR) is 135 cm³/mol. The number of hydrogen-bond acceptors (Lipinski definition) is 8. The Morgan fingerprint density at radius 3 is 2.85 bits per heavy atom. The van der Waals surface area contributed by atoms with Crippen molar-refractivity contribution in [2.75, 3.05) is 12.4 Å². The zero-order valence-electron chi connectivity index (χ0n) is 19.0. The lowest BCUT2D eigenvalue weighted by molar-refractivity contribution is -0.119. The number of ether oxygens (including phenoxy) is 1. The van der Waals surface area contributed by atoms with Crippen molar-refractivity contribution in [2.45, 2.75) is 51.7 Å². The first-order valence-electron chi connectivity index (χ1n) is 11.3. The molecule has 0 fully saturated rings. The maximum absolute atomic E-state index is 13.6. The van der Waals surface area contributed by atoms with E-state index in [-0.39, 0.29) is 11.5 Å². The molecule has 34 heavy (non-hydrogen) atoms. The van der Waals surface area contributed by atoms with Gasteiger partial charge in [-0.25, -0.2) is 4.98 Å². The normalized spacial score (nSPS) is 14.2. The molecule has 176 valence electrons. The highest BCUT2D eigenvalue weighted by atomic mass is 32.1. The number of carbonyl (C=O) groups is 1. The lowest BCUT2D eigenvalue weighted by Gasteiger charge is -2.17. The molecule has 5 rings (SSSR count). The van der Waals surface area contributed by atoms with Gasteiger partial charge in [-0.15, -0.1) is 21.5 Å². The average Bonchev–Trinajstić information content (AvgIpc) is 3.48. The van der Waals surface area contributed by atoms with Gasteiger partial charge in [-0.05, 0) is 48.8 Å². The average molecular weight is 496 g/mol. The smallest absolute Gasteiger partial charge is 0.263 e. The molecular formula is C24H25N5O3S2. The summed E-state index contributed by atoms with van der Waals surface area (Å²) in [5.41, 5.74) is 4.46. The van der Waals surface area contributed by atoms with Crippen LogP contribution in [0.5, 0.6) is 0 Å². The lowest BCUT2D eigenvalue weighted by Crippen LogP contribution is -2.33. The van der Waals surface area contributed by atoms with Gasteiger partial charge >= 0.3 is 0 Å². The van der Waals surface area contributed by atoms with E-state index in [1.54, 1.807) is 7.11 Å². The van der Waals surface area contributed by atoms with Crippen molar-refractivity contribution in [2.24, 2.45) is 0 Å². The number of benzene rings is 1. The van der Waals surface area contributed by atoms with Crippen LogP contribution in [0.4, 0.5) is 5.13 Å². The number of carbonyl (C=O) groups excluding carboxylic acids is 1. The minimum Gasteiger partial charge on any atom is -0.377 e. The first-order valence-corrected chi connectivity index (χ1v) is 13.0. The highest BCUT2D eigenvalue weighted by molar-refractivity contribution is 7.17. The van der Waals surface area contributed by atoms with Crippen LogP contribution in [-0.2, 0) is 29.0 Å². The molecule has 1 aromatic carbocycles. The van der Waals surface area contributed by atoms with E-state index in [1.807, 2.05) is 12.3 Å². The molecule has 0 saturated heterocycles. The van der Waals surface area contributed by atoms with Crippen molar-refractivity contribution in [3.05, 3.63) is 56.4 Å². The van der Waals surface area contributed by atoms with Gasteiger partial charge in [-0.2, -0.15) is 0 Å². The summed E-state index contributed by atoms with van der Waals surface area (Å²) in [6.07, 6.45) is 6.52. The quantitative estimate of drug-likeness (QED) is 0.403. The van der Waals surface area contributed by atoms with Crippen LogP contribution in [0.25, 0.3) is 21.3 Å². The lowest BCUT2D eigenvalue weighted by atomic mass is 9.89. The number of rotatable bonds is 7. The van der Waals surface area contributed by atoms with Crippen molar-refractivity contribution in [3.8, 4) is 11.1 Å². The van der Waals surface area contributed by atoms with Gasteiger partial charge < -0.3 is 4.74 Å². The van der Waals surface area contributed by atoms with Crippen LogP contribution >= 0.6 is 22.7 Å². The molecule has 0 saturated carbocycles. The van der Waals surface area contributed by atoms with Gasteiger partial charge in [0.25, 0.3) is 5.56 Å².